The lowest BCUT2D eigenvalue weighted by atomic mass is 10.1. The van der Waals surface area contributed by atoms with Crippen molar-refractivity contribution < 1.29 is 4.74 Å². The molecule has 8 heteroatoms. The van der Waals surface area contributed by atoms with Crippen molar-refractivity contribution in [2.24, 2.45) is 0 Å². The molecule has 4 rings (SSSR count). The summed E-state index contributed by atoms with van der Waals surface area (Å²) in [6.07, 6.45) is 1.28. The molecule has 1 unspecified atom stereocenters. The summed E-state index contributed by atoms with van der Waals surface area (Å²) in [7, 11) is 0. The van der Waals surface area contributed by atoms with Gasteiger partial charge in [0.25, 0.3) is 0 Å². The van der Waals surface area contributed by atoms with Gasteiger partial charge in [0, 0.05) is 21.9 Å². The van der Waals surface area contributed by atoms with Gasteiger partial charge in [-0.2, -0.15) is 4.98 Å². The van der Waals surface area contributed by atoms with E-state index in [4.69, 9.17) is 4.74 Å². The number of anilines is 1. The molecule has 0 radical (unpaired) electrons. The van der Waals surface area contributed by atoms with Crippen molar-refractivity contribution in [3.8, 4) is 17.1 Å². The van der Waals surface area contributed by atoms with Crippen LogP contribution in [0.2, 0.25) is 0 Å². The average Bonchev–Trinajstić information content (AvgIpc) is 2.79. The van der Waals surface area contributed by atoms with Crippen molar-refractivity contribution in [2.75, 3.05) is 11.1 Å². The number of benzene rings is 1. The van der Waals surface area contributed by atoms with Gasteiger partial charge in [-0.1, -0.05) is 40.7 Å². The van der Waals surface area contributed by atoms with Crippen LogP contribution in [0.5, 0.6) is 5.88 Å². The summed E-state index contributed by atoms with van der Waals surface area (Å²) in [5.74, 6) is 1.32. The fraction of sp³-hybridized carbons (Fsp3) is 0.176. The van der Waals surface area contributed by atoms with E-state index in [1.54, 1.807) is 6.20 Å². The molecule has 126 valence electrons. The van der Waals surface area contributed by atoms with E-state index >= 15 is 0 Å². The third kappa shape index (κ3) is 3.32. The predicted octanol–water partition coefficient (Wildman–Crippen LogP) is 4.31. The second-order valence-corrected chi connectivity index (χ2v) is 7.41. The maximum atomic E-state index is 6.14. The van der Waals surface area contributed by atoms with Gasteiger partial charge in [-0.05, 0) is 36.1 Å². The molecule has 0 saturated carbocycles. The minimum Gasteiger partial charge on any atom is -0.446 e. The minimum absolute atomic E-state index is 0.450. The Morgan fingerprint density at radius 3 is 2.96 bits per heavy atom. The van der Waals surface area contributed by atoms with Crippen LogP contribution in [0.25, 0.3) is 11.3 Å². The van der Waals surface area contributed by atoms with Gasteiger partial charge in [0.1, 0.15) is 5.69 Å². The van der Waals surface area contributed by atoms with Gasteiger partial charge in [0.15, 0.2) is 5.69 Å². The van der Waals surface area contributed by atoms with Crippen LogP contribution < -0.4 is 10.1 Å². The lowest BCUT2D eigenvalue weighted by Crippen LogP contribution is -2.18. The van der Waals surface area contributed by atoms with Gasteiger partial charge in [-0.15, -0.1) is 10.2 Å². The molecule has 1 aromatic carbocycles. The highest BCUT2D eigenvalue weighted by Gasteiger charge is 2.26. The van der Waals surface area contributed by atoms with Crippen LogP contribution in [0, 0.1) is 0 Å². The quantitative estimate of drug-likeness (QED) is 0.638. The number of hydrogen-bond donors (Lipinski definition) is 1. The molecule has 0 spiro atoms. The van der Waals surface area contributed by atoms with Gasteiger partial charge in [0.05, 0.1) is 0 Å². The molecule has 0 saturated heterocycles. The molecular weight excluding hydrogens is 402 g/mol. The number of halogens is 1. The van der Waals surface area contributed by atoms with E-state index in [0.717, 1.165) is 27.2 Å². The van der Waals surface area contributed by atoms with E-state index in [0.29, 0.717) is 16.7 Å². The average molecular weight is 416 g/mol. The van der Waals surface area contributed by atoms with Crippen molar-refractivity contribution in [3.05, 3.63) is 52.8 Å². The molecule has 1 aliphatic rings. The Morgan fingerprint density at radius 1 is 1.24 bits per heavy atom. The molecule has 0 fully saturated rings. The first-order valence-corrected chi connectivity index (χ1v) is 9.54. The van der Waals surface area contributed by atoms with Crippen LogP contribution in [0.1, 0.15) is 18.8 Å². The minimum atomic E-state index is -0.460. The highest BCUT2D eigenvalue weighted by Crippen LogP contribution is 2.40. The highest BCUT2D eigenvalue weighted by molar-refractivity contribution is 9.10. The van der Waals surface area contributed by atoms with Crippen LogP contribution in [0.15, 0.2) is 52.2 Å². The van der Waals surface area contributed by atoms with Gasteiger partial charge in [-0.3, -0.25) is 4.98 Å². The number of ether oxygens (including phenoxy) is 1. The first-order valence-electron chi connectivity index (χ1n) is 7.76. The Bertz CT molecular complexity index is 909. The molecule has 0 bridgehead atoms. The van der Waals surface area contributed by atoms with Crippen LogP contribution in [0.3, 0.4) is 0 Å². The van der Waals surface area contributed by atoms with E-state index in [1.165, 1.54) is 11.8 Å². The zero-order valence-corrected chi connectivity index (χ0v) is 15.7. The molecule has 0 aliphatic carbocycles. The molecule has 25 heavy (non-hydrogen) atoms. The Balaban J connectivity index is 1.86. The summed E-state index contributed by atoms with van der Waals surface area (Å²) in [5, 5.41) is 12.6. The second kappa shape index (κ2) is 6.97. The van der Waals surface area contributed by atoms with Gasteiger partial charge < -0.3 is 10.1 Å². The van der Waals surface area contributed by atoms with Gasteiger partial charge in [0.2, 0.25) is 17.3 Å². The normalized spacial score (nSPS) is 15.4. The largest absolute Gasteiger partial charge is 0.446 e. The number of pyridine rings is 1. The lowest BCUT2D eigenvalue weighted by Gasteiger charge is -2.18. The van der Waals surface area contributed by atoms with Gasteiger partial charge >= 0.3 is 0 Å². The van der Waals surface area contributed by atoms with Crippen molar-refractivity contribution in [1.29, 1.82) is 0 Å². The second-order valence-electron chi connectivity index (χ2n) is 5.27. The van der Waals surface area contributed by atoms with Crippen molar-refractivity contribution in [2.45, 2.75) is 18.3 Å². The number of nitrogens with one attached hydrogen (secondary N) is 1. The van der Waals surface area contributed by atoms with Crippen LogP contribution in [0.4, 0.5) is 5.69 Å². The fourth-order valence-electron chi connectivity index (χ4n) is 2.53. The SMILES string of the molecule is CCSc1nnc2c(n1)OC(c1ccccn1)Nc1ccc(Br)cc1-2. The zero-order valence-electron chi connectivity index (χ0n) is 13.3. The van der Waals surface area contributed by atoms with E-state index in [2.05, 4.69) is 41.4 Å². The first kappa shape index (κ1) is 16.3. The monoisotopic (exact) mass is 415 g/mol. The number of fused-ring (bicyclic) bond motifs is 3. The summed E-state index contributed by atoms with van der Waals surface area (Å²) in [6, 6.07) is 11.6. The maximum absolute atomic E-state index is 6.14. The predicted molar refractivity (Wildman–Crippen MR) is 101 cm³/mol. The number of nitrogens with zero attached hydrogens (tertiary/aromatic N) is 4. The van der Waals surface area contributed by atoms with E-state index in [1.807, 2.05) is 43.3 Å². The third-order valence-electron chi connectivity index (χ3n) is 3.62. The number of rotatable bonds is 3. The van der Waals surface area contributed by atoms with E-state index in [9.17, 15) is 0 Å². The third-order valence-corrected chi connectivity index (χ3v) is 4.83. The Labute approximate surface area is 157 Å². The standard InChI is InChI=1S/C17H14BrN5OS/c1-2-25-17-21-16-14(22-23-17)11-9-10(18)6-7-12(11)20-15(24-16)13-5-3-4-8-19-13/h3-9,15,20H,2H2,1H3. The van der Waals surface area contributed by atoms with Crippen LogP contribution in [-0.4, -0.2) is 25.9 Å². The smallest absolute Gasteiger partial charge is 0.247 e. The van der Waals surface area contributed by atoms with Crippen molar-refractivity contribution >= 4 is 33.4 Å². The molecule has 1 atom stereocenters. The lowest BCUT2D eigenvalue weighted by molar-refractivity contribution is 0.220. The van der Waals surface area contributed by atoms with Crippen molar-refractivity contribution in [3.63, 3.8) is 0 Å². The number of aromatic nitrogens is 4. The molecule has 0 amide bonds. The molecule has 3 heterocycles. The molecular formula is C17H14BrN5OS. The molecule has 1 N–H and O–H groups in total. The first-order chi connectivity index (χ1) is 12.2. The molecule has 1 aliphatic heterocycles. The Morgan fingerprint density at radius 2 is 2.16 bits per heavy atom. The van der Waals surface area contributed by atoms with E-state index < -0.39 is 6.23 Å². The summed E-state index contributed by atoms with van der Waals surface area (Å²) in [5.41, 5.74) is 3.16. The maximum Gasteiger partial charge on any atom is 0.247 e. The zero-order chi connectivity index (χ0) is 17.2. The fourth-order valence-corrected chi connectivity index (χ4v) is 3.39. The summed E-state index contributed by atoms with van der Waals surface area (Å²) < 4.78 is 7.08. The summed E-state index contributed by atoms with van der Waals surface area (Å²) in [6.45, 7) is 2.05. The number of hydrogen-bond acceptors (Lipinski definition) is 7. The van der Waals surface area contributed by atoms with Crippen LogP contribution >= 0.6 is 27.7 Å². The van der Waals surface area contributed by atoms with Gasteiger partial charge in [-0.25, -0.2) is 0 Å². The topological polar surface area (TPSA) is 72.8 Å². The number of thioether (sulfide) groups is 1. The summed E-state index contributed by atoms with van der Waals surface area (Å²) >= 11 is 5.04. The summed E-state index contributed by atoms with van der Waals surface area (Å²) in [4.78, 5) is 8.95. The van der Waals surface area contributed by atoms with E-state index in [-0.39, 0.29) is 0 Å². The molecule has 3 aromatic rings. The Hall–Kier alpha value is -2.19. The highest BCUT2D eigenvalue weighted by atomic mass is 79.9. The van der Waals surface area contributed by atoms with Crippen molar-refractivity contribution in [1.82, 2.24) is 20.2 Å². The molecule has 2 aromatic heterocycles. The molecule has 6 nitrogen and oxygen atoms in total. The Kier molecular flexibility index (Phi) is 4.54. The van der Waals surface area contributed by atoms with Crippen LogP contribution in [-0.2, 0) is 0 Å².